The molecule has 0 aromatic heterocycles. The molecule has 0 fully saturated rings. The highest BCUT2D eigenvalue weighted by molar-refractivity contribution is 6.32. The van der Waals surface area contributed by atoms with Gasteiger partial charge in [-0.1, -0.05) is 23.7 Å². The van der Waals surface area contributed by atoms with E-state index >= 15 is 0 Å². The fraction of sp³-hybridized carbons (Fsp3) is 0.364. The second kappa shape index (κ2) is 5.07. The number of nitrogens with zero attached hydrogens (tertiary/aromatic N) is 1. The van der Waals surface area contributed by atoms with Crippen molar-refractivity contribution in [3.8, 4) is 5.75 Å². The highest BCUT2D eigenvalue weighted by atomic mass is 35.5. The first-order valence-corrected chi connectivity index (χ1v) is 5.52. The Hall–Kier alpha value is -1.42. The molecule has 1 aliphatic heterocycles. The van der Waals surface area contributed by atoms with Gasteiger partial charge in [-0.2, -0.15) is 0 Å². The fourth-order valence-electron chi connectivity index (χ4n) is 1.62. The Morgan fingerprint density at radius 1 is 1.56 bits per heavy atom. The molecule has 0 radical (unpaired) electrons. The lowest BCUT2D eigenvalue weighted by Gasteiger charge is -2.11. The zero-order chi connectivity index (χ0) is 11.4. The van der Waals surface area contributed by atoms with Crippen molar-refractivity contribution >= 4 is 17.6 Å². The quantitative estimate of drug-likeness (QED) is 0.838. The predicted molar refractivity (Wildman–Crippen MR) is 65.1 cm³/mol. The molecule has 16 heavy (non-hydrogen) atoms. The van der Waals surface area contributed by atoms with Crippen LogP contribution in [0.5, 0.6) is 5.75 Å². The van der Waals surface area contributed by atoms with Gasteiger partial charge in [-0.25, -0.2) is 0 Å². The number of nitrogens with one attached hydrogen (secondary N) is 2. The molecule has 0 unspecified atom stereocenters. The van der Waals surface area contributed by atoms with E-state index < -0.39 is 0 Å². The number of benzene rings is 1. The minimum Gasteiger partial charge on any atom is -0.495 e. The molecular weight excluding hydrogens is 226 g/mol. The Morgan fingerprint density at radius 3 is 3.12 bits per heavy atom. The van der Waals surface area contributed by atoms with Gasteiger partial charge in [0, 0.05) is 18.7 Å². The van der Waals surface area contributed by atoms with Gasteiger partial charge in [0.15, 0.2) is 5.96 Å². The maximum absolute atomic E-state index is 6.03. The van der Waals surface area contributed by atoms with E-state index in [1.54, 1.807) is 7.11 Å². The van der Waals surface area contributed by atoms with Crippen molar-refractivity contribution in [1.29, 1.82) is 0 Å². The third kappa shape index (κ3) is 2.39. The normalized spacial score (nSPS) is 14.2. The summed E-state index contributed by atoms with van der Waals surface area (Å²) >= 11 is 6.03. The molecule has 5 heteroatoms. The molecule has 0 amide bonds. The van der Waals surface area contributed by atoms with Crippen LogP contribution in [0.4, 0.5) is 0 Å². The molecule has 4 nitrogen and oxygen atoms in total. The van der Waals surface area contributed by atoms with E-state index in [0.717, 1.165) is 30.4 Å². The monoisotopic (exact) mass is 239 g/mol. The SMILES string of the molecule is COc1c(Cl)cccc1CNC1=NCCN1. The lowest BCUT2D eigenvalue weighted by molar-refractivity contribution is 0.409. The molecule has 0 saturated carbocycles. The summed E-state index contributed by atoms with van der Waals surface area (Å²) in [5.41, 5.74) is 1.02. The molecule has 0 bridgehead atoms. The minimum atomic E-state index is 0.628. The molecule has 0 saturated heterocycles. The van der Waals surface area contributed by atoms with Crippen molar-refractivity contribution in [3.05, 3.63) is 28.8 Å². The first-order chi connectivity index (χ1) is 7.81. The third-order valence-corrected chi connectivity index (χ3v) is 2.67. The molecule has 0 aliphatic carbocycles. The largest absolute Gasteiger partial charge is 0.495 e. The summed E-state index contributed by atoms with van der Waals surface area (Å²) in [6, 6.07) is 5.70. The van der Waals surface area contributed by atoms with E-state index in [9.17, 15) is 0 Å². The van der Waals surface area contributed by atoms with Crippen LogP contribution < -0.4 is 15.4 Å². The molecule has 1 aliphatic rings. The number of aliphatic imine (C=N–C) groups is 1. The van der Waals surface area contributed by atoms with E-state index in [0.29, 0.717) is 11.6 Å². The second-order valence-electron chi connectivity index (χ2n) is 3.44. The molecule has 86 valence electrons. The molecule has 0 atom stereocenters. The lowest BCUT2D eigenvalue weighted by Crippen LogP contribution is -2.33. The van der Waals surface area contributed by atoms with Crippen LogP contribution in [0.15, 0.2) is 23.2 Å². The number of ether oxygens (including phenoxy) is 1. The van der Waals surface area contributed by atoms with Crippen molar-refractivity contribution < 1.29 is 4.74 Å². The number of para-hydroxylation sites is 1. The summed E-state index contributed by atoms with van der Waals surface area (Å²) < 4.78 is 5.26. The summed E-state index contributed by atoms with van der Waals surface area (Å²) in [6.45, 7) is 2.37. The van der Waals surface area contributed by atoms with E-state index in [2.05, 4.69) is 15.6 Å². The average molecular weight is 240 g/mol. The average Bonchev–Trinajstić information content (AvgIpc) is 2.79. The van der Waals surface area contributed by atoms with Crippen LogP contribution in [0.1, 0.15) is 5.56 Å². The zero-order valence-electron chi connectivity index (χ0n) is 9.09. The molecule has 1 aromatic carbocycles. The van der Waals surface area contributed by atoms with Crippen LogP contribution in [0.3, 0.4) is 0 Å². The van der Waals surface area contributed by atoms with Gasteiger partial charge in [-0.15, -0.1) is 0 Å². The summed E-state index contributed by atoms with van der Waals surface area (Å²) in [6.07, 6.45) is 0. The Balaban J connectivity index is 2.05. The third-order valence-electron chi connectivity index (χ3n) is 2.37. The number of hydrogen-bond donors (Lipinski definition) is 2. The van der Waals surface area contributed by atoms with Gasteiger partial charge in [0.25, 0.3) is 0 Å². The standard InChI is InChI=1S/C11H14ClN3O/c1-16-10-8(3-2-4-9(10)12)7-15-11-13-5-6-14-11/h2-4H,5-7H2,1H3,(H2,13,14,15). The summed E-state index contributed by atoms with van der Waals surface area (Å²) in [5.74, 6) is 1.55. The second-order valence-corrected chi connectivity index (χ2v) is 3.85. The Kier molecular flexibility index (Phi) is 3.51. The van der Waals surface area contributed by atoms with Crippen LogP contribution in [0.2, 0.25) is 5.02 Å². The predicted octanol–water partition coefficient (Wildman–Crippen LogP) is 1.40. The van der Waals surface area contributed by atoms with Crippen molar-refractivity contribution in [2.75, 3.05) is 20.2 Å². The Labute approximate surface area is 99.7 Å². The molecule has 0 spiro atoms. The molecule has 2 rings (SSSR count). The summed E-state index contributed by atoms with van der Waals surface area (Å²) in [7, 11) is 1.62. The molecule has 2 N–H and O–H groups in total. The maximum Gasteiger partial charge on any atom is 0.191 e. The van der Waals surface area contributed by atoms with Crippen molar-refractivity contribution in [1.82, 2.24) is 10.6 Å². The highest BCUT2D eigenvalue weighted by Crippen LogP contribution is 2.27. The van der Waals surface area contributed by atoms with Crippen molar-refractivity contribution in [3.63, 3.8) is 0 Å². The van der Waals surface area contributed by atoms with E-state index in [1.165, 1.54) is 0 Å². The van der Waals surface area contributed by atoms with E-state index in [-0.39, 0.29) is 0 Å². The van der Waals surface area contributed by atoms with Crippen LogP contribution in [-0.2, 0) is 6.54 Å². The van der Waals surface area contributed by atoms with Crippen LogP contribution in [0, 0.1) is 0 Å². The van der Waals surface area contributed by atoms with Gasteiger partial charge in [0.1, 0.15) is 5.75 Å². The van der Waals surface area contributed by atoms with Crippen molar-refractivity contribution in [2.45, 2.75) is 6.54 Å². The number of guanidine groups is 1. The van der Waals surface area contributed by atoms with Gasteiger partial charge < -0.3 is 15.4 Å². The minimum absolute atomic E-state index is 0.628. The number of halogens is 1. The van der Waals surface area contributed by atoms with Crippen LogP contribution in [0.25, 0.3) is 0 Å². The lowest BCUT2D eigenvalue weighted by atomic mass is 10.2. The summed E-state index contributed by atoms with van der Waals surface area (Å²) in [5, 5.41) is 6.97. The van der Waals surface area contributed by atoms with Crippen molar-refractivity contribution in [2.24, 2.45) is 4.99 Å². The molecule has 1 heterocycles. The summed E-state index contributed by atoms with van der Waals surface area (Å²) in [4.78, 5) is 4.25. The first-order valence-electron chi connectivity index (χ1n) is 5.15. The first kappa shape index (κ1) is 11.1. The van der Waals surface area contributed by atoms with Gasteiger partial charge in [-0.3, -0.25) is 4.99 Å². The van der Waals surface area contributed by atoms with Gasteiger partial charge in [0.2, 0.25) is 0 Å². The number of hydrogen-bond acceptors (Lipinski definition) is 4. The van der Waals surface area contributed by atoms with Gasteiger partial charge in [0.05, 0.1) is 18.7 Å². The van der Waals surface area contributed by atoms with Gasteiger partial charge in [-0.05, 0) is 6.07 Å². The Bertz CT molecular complexity index is 406. The van der Waals surface area contributed by atoms with E-state index in [4.69, 9.17) is 16.3 Å². The molecule has 1 aromatic rings. The number of rotatable bonds is 3. The molecular formula is C11H14ClN3O. The zero-order valence-corrected chi connectivity index (χ0v) is 9.84. The number of methoxy groups -OCH3 is 1. The fourth-order valence-corrected chi connectivity index (χ4v) is 1.89. The topological polar surface area (TPSA) is 45.6 Å². The maximum atomic E-state index is 6.03. The van der Waals surface area contributed by atoms with Gasteiger partial charge >= 0.3 is 0 Å². The van der Waals surface area contributed by atoms with Crippen LogP contribution in [-0.4, -0.2) is 26.2 Å². The van der Waals surface area contributed by atoms with Crippen LogP contribution >= 0.6 is 11.6 Å². The smallest absolute Gasteiger partial charge is 0.191 e. The Morgan fingerprint density at radius 2 is 2.44 bits per heavy atom. The van der Waals surface area contributed by atoms with E-state index in [1.807, 2.05) is 18.2 Å². The highest BCUT2D eigenvalue weighted by Gasteiger charge is 2.09.